The molecule has 1 aromatic carbocycles. The Morgan fingerprint density at radius 1 is 1.23 bits per heavy atom. The average Bonchev–Trinajstić information content (AvgIpc) is 3.24. The average molecular weight is 414 g/mol. The van der Waals surface area contributed by atoms with Crippen molar-refractivity contribution in [1.82, 2.24) is 9.55 Å². The summed E-state index contributed by atoms with van der Waals surface area (Å²) in [7, 11) is 0. The summed E-state index contributed by atoms with van der Waals surface area (Å²) in [5.74, 6) is 0.829. The number of nitriles is 1. The first-order chi connectivity index (χ1) is 15.1. The van der Waals surface area contributed by atoms with E-state index in [4.69, 9.17) is 19.9 Å². The molecule has 1 atom stereocenters. The van der Waals surface area contributed by atoms with E-state index in [1.54, 1.807) is 35.2 Å². The van der Waals surface area contributed by atoms with Gasteiger partial charge in [0.15, 0.2) is 11.5 Å². The molecular weight excluding hydrogens is 396 g/mol. The molecule has 0 aliphatic carbocycles. The van der Waals surface area contributed by atoms with Crippen LogP contribution in [-0.2, 0) is 6.54 Å². The zero-order valence-electron chi connectivity index (χ0n) is 16.7. The van der Waals surface area contributed by atoms with Crippen LogP contribution in [0.25, 0.3) is 0 Å². The lowest BCUT2D eigenvalue weighted by Crippen LogP contribution is -2.33. The number of nitrogens with zero attached hydrogens (tertiary/aromatic N) is 3. The zero-order valence-corrected chi connectivity index (χ0v) is 16.7. The number of aromatic nitrogens is 2. The van der Waals surface area contributed by atoms with Gasteiger partial charge >= 0.3 is 0 Å². The summed E-state index contributed by atoms with van der Waals surface area (Å²) in [4.78, 5) is 17.8. The maximum absolute atomic E-state index is 13.7. The lowest BCUT2D eigenvalue weighted by atomic mass is 9.84. The molecule has 0 radical (unpaired) electrons. The number of aryl methyl sites for hydroxylation is 1. The Labute approximate surface area is 177 Å². The van der Waals surface area contributed by atoms with Gasteiger partial charge in [0.05, 0.1) is 18.0 Å². The Kier molecular flexibility index (Phi) is 4.37. The maximum atomic E-state index is 13.7. The minimum absolute atomic E-state index is 0.0125. The molecule has 2 aliphatic rings. The highest BCUT2D eigenvalue weighted by atomic mass is 16.7. The van der Waals surface area contributed by atoms with Crippen LogP contribution in [0.3, 0.4) is 0 Å². The standard InChI is InChI=1S/C23H18N4O4/c1-13-7-19-21(23(28)27(13)11-14-3-2-6-26-10-14)20(16(9-24)22(25)31-19)15-4-5-17-18(8-15)30-12-29-17/h2-8,10,20H,11-12,25H2,1H3/t20-/m1/s1. The third kappa shape index (κ3) is 3.07. The van der Waals surface area contributed by atoms with E-state index >= 15 is 0 Å². The number of rotatable bonds is 3. The molecule has 0 saturated heterocycles. The molecule has 5 rings (SSSR count). The lowest BCUT2D eigenvalue weighted by Gasteiger charge is -2.27. The van der Waals surface area contributed by atoms with E-state index in [-0.39, 0.29) is 23.8 Å². The monoisotopic (exact) mass is 414 g/mol. The van der Waals surface area contributed by atoms with E-state index in [1.165, 1.54) is 0 Å². The molecule has 0 saturated carbocycles. The number of nitrogens with two attached hydrogens (primary N) is 1. The molecule has 8 nitrogen and oxygen atoms in total. The molecule has 0 unspecified atom stereocenters. The Bertz CT molecular complexity index is 1320. The van der Waals surface area contributed by atoms with E-state index in [1.807, 2.05) is 25.1 Å². The minimum Gasteiger partial charge on any atom is -0.454 e. The van der Waals surface area contributed by atoms with Gasteiger partial charge in [0.2, 0.25) is 12.7 Å². The highest BCUT2D eigenvalue weighted by molar-refractivity contribution is 5.57. The van der Waals surface area contributed by atoms with Crippen molar-refractivity contribution in [3.05, 3.63) is 93.0 Å². The van der Waals surface area contributed by atoms with Crippen molar-refractivity contribution in [1.29, 1.82) is 5.26 Å². The predicted molar refractivity (Wildman–Crippen MR) is 111 cm³/mol. The van der Waals surface area contributed by atoms with Crippen LogP contribution >= 0.6 is 0 Å². The molecule has 2 aromatic heterocycles. The van der Waals surface area contributed by atoms with Crippen molar-refractivity contribution in [2.45, 2.75) is 19.4 Å². The first kappa shape index (κ1) is 18.8. The van der Waals surface area contributed by atoms with Crippen molar-refractivity contribution in [3.63, 3.8) is 0 Å². The van der Waals surface area contributed by atoms with E-state index < -0.39 is 5.92 Å². The van der Waals surface area contributed by atoms with E-state index in [9.17, 15) is 10.1 Å². The van der Waals surface area contributed by atoms with E-state index in [0.717, 1.165) is 5.56 Å². The number of hydrogen-bond donors (Lipinski definition) is 1. The topological polar surface area (TPSA) is 112 Å². The smallest absolute Gasteiger partial charge is 0.259 e. The molecule has 3 aromatic rings. The molecular formula is C23H18N4O4. The van der Waals surface area contributed by atoms with Crippen molar-refractivity contribution >= 4 is 0 Å². The van der Waals surface area contributed by atoms with Crippen molar-refractivity contribution in [2.24, 2.45) is 5.73 Å². The fourth-order valence-corrected chi connectivity index (χ4v) is 3.98. The quantitative estimate of drug-likeness (QED) is 0.701. The third-order valence-corrected chi connectivity index (χ3v) is 5.48. The highest BCUT2D eigenvalue weighted by Gasteiger charge is 2.35. The third-order valence-electron chi connectivity index (χ3n) is 5.48. The van der Waals surface area contributed by atoms with Crippen LogP contribution in [0.2, 0.25) is 0 Å². The molecule has 0 bridgehead atoms. The molecule has 2 aliphatic heterocycles. The summed E-state index contributed by atoms with van der Waals surface area (Å²) in [6, 6.07) is 13.0. The molecule has 0 spiro atoms. The molecule has 8 heteroatoms. The first-order valence-electron chi connectivity index (χ1n) is 9.67. The van der Waals surface area contributed by atoms with Crippen LogP contribution < -0.4 is 25.5 Å². The Hall–Kier alpha value is -4.25. The summed E-state index contributed by atoms with van der Waals surface area (Å²) in [6.07, 6.45) is 3.40. The predicted octanol–water partition coefficient (Wildman–Crippen LogP) is 2.55. The Balaban J connectivity index is 1.70. The fourth-order valence-electron chi connectivity index (χ4n) is 3.98. The molecule has 0 fully saturated rings. The molecule has 0 amide bonds. The first-order valence-corrected chi connectivity index (χ1v) is 9.67. The highest BCUT2D eigenvalue weighted by Crippen LogP contribution is 2.43. The van der Waals surface area contributed by atoms with Gasteiger partial charge < -0.3 is 24.5 Å². The van der Waals surface area contributed by atoms with Gasteiger partial charge in [-0.15, -0.1) is 0 Å². The molecule has 31 heavy (non-hydrogen) atoms. The van der Waals surface area contributed by atoms with Crippen LogP contribution in [0.4, 0.5) is 0 Å². The van der Waals surface area contributed by atoms with Gasteiger partial charge in [0.1, 0.15) is 17.4 Å². The number of pyridine rings is 2. The van der Waals surface area contributed by atoms with E-state index in [2.05, 4.69) is 11.1 Å². The van der Waals surface area contributed by atoms with Gasteiger partial charge in [0.25, 0.3) is 5.56 Å². The SMILES string of the molecule is Cc1cc2c(c(=O)n1Cc1cccnc1)[C@H](c1ccc3c(c1)OCO3)C(C#N)=C(N)O2. The van der Waals surface area contributed by atoms with Crippen LogP contribution in [-0.4, -0.2) is 16.3 Å². The van der Waals surface area contributed by atoms with Gasteiger partial charge in [-0.05, 0) is 36.2 Å². The van der Waals surface area contributed by atoms with Crippen molar-refractivity contribution in [3.8, 4) is 23.3 Å². The van der Waals surface area contributed by atoms with Gasteiger partial charge in [0, 0.05) is 24.2 Å². The summed E-state index contributed by atoms with van der Waals surface area (Å²) < 4.78 is 18.2. The number of benzene rings is 1. The van der Waals surface area contributed by atoms with Crippen molar-refractivity contribution < 1.29 is 14.2 Å². The number of allylic oxidation sites excluding steroid dienone is 1. The van der Waals surface area contributed by atoms with E-state index in [0.29, 0.717) is 40.6 Å². The largest absolute Gasteiger partial charge is 0.454 e. The number of hydrogen-bond acceptors (Lipinski definition) is 7. The minimum atomic E-state index is -0.684. The van der Waals surface area contributed by atoms with Crippen molar-refractivity contribution in [2.75, 3.05) is 6.79 Å². The maximum Gasteiger partial charge on any atom is 0.259 e. The second kappa shape index (κ2) is 7.22. The second-order valence-electron chi connectivity index (χ2n) is 7.35. The number of ether oxygens (including phenoxy) is 3. The molecule has 154 valence electrons. The Morgan fingerprint density at radius 2 is 2.06 bits per heavy atom. The summed E-state index contributed by atoms with van der Waals surface area (Å²) in [5, 5.41) is 9.82. The van der Waals surface area contributed by atoms with Crippen LogP contribution in [0.1, 0.15) is 28.3 Å². The normalized spacial score (nSPS) is 16.5. The molecule has 2 N–H and O–H groups in total. The molecule has 4 heterocycles. The summed E-state index contributed by atoms with van der Waals surface area (Å²) >= 11 is 0. The van der Waals surface area contributed by atoms with Crippen LogP contribution in [0, 0.1) is 18.3 Å². The number of fused-ring (bicyclic) bond motifs is 2. The van der Waals surface area contributed by atoms with Crippen LogP contribution in [0.15, 0.2) is 65.0 Å². The second-order valence-corrected chi connectivity index (χ2v) is 7.35. The fraction of sp³-hybridized carbons (Fsp3) is 0.174. The summed E-state index contributed by atoms with van der Waals surface area (Å²) in [6.45, 7) is 2.31. The van der Waals surface area contributed by atoms with Gasteiger partial charge in [-0.2, -0.15) is 5.26 Å². The van der Waals surface area contributed by atoms with Crippen LogP contribution in [0.5, 0.6) is 17.2 Å². The summed E-state index contributed by atoms with van der Waals surface area (Å²) in [5.41, 5.74) is 8.66. The van der Waals surface area contributed by atoms with Gasteiger partial charge in [-0.25, -0.2) is 0 Å². The van der Waals surface area contributed by atoms with Gasteiger partial charge in [-0.1, -0.05) is 12.1 Å². The lowest BCUT2D eigenvalue weighted by molar-refractivity contribution is 0.174. The van der Waals surface area contributed by atoms with Gasteiger partial charge in [-0.3, -0.25) is 9.78 Å². The Morgan fingerprint density at radius 3 is 2.84 bits per heavy atom. The zero-order chi connectivity index (χ0) is 21.5.